The van der Waals surface area contributed by atoms with Crippen molar-refractivity contribution in [3.8, 4) is 0 Å². The maximum atomic E-state index is 5.80. The minimum atomic E-state index is 0.223. The molecule has 2 atom stereocenters. The Labute approximate surface area is 93.7 Å². The molecule has 0 radical (unpaired) electrons. The summed E-state index contributed by atoms with van der Waals surface area (Å²) in [5, 5.41) is 0. The summed E-state index contributed by atoms with van der Waals surface area (Å²) in [5.74, 6) is 0. The topological polar surface area (TPSA) is 18.5 Å². The lowest BCUT2D eigenvalue weighted by atomic mass is 9.84. The summed E-state index contributed by atoms with van der Waals surface area (Å²) in [6.45, 7) is 12.0. The van der Waals surface area contributed by atoms with Gasteiger partial charge in [-0.1, -0.05) is 26.8 Å². The van der Waals surface area contributed by atoms with Gasteiger partial charge in [-0.25, -0.2) is 0 Å². The monoisotopic (exact) mass is 212 g/mol. The molecule has 1 saturated heterocycles. The Hall–Kier alpha value is -0.340. The molecule has 0 aromatic heterocycles. The molecule has 2 heteroatoms. The Morgan fingerprint density at radius 3 is 2.80 bits per heavy atom. The maximum Gasteiger partial charge on any atom is 0.0648 e. The molecule has 2 unspecified atom stereocenters. The minimum absolute atomic E-state index is 0.223. The van der Waals surface area contributed by atoms with E-state index in [9.17, 15) is 0 Å². The average Bonchev–Trinajstić information content (AvgIpc) is 2.17. The van der Waals surface area contributed by atoms with Crippen LogP contribution in [-0.2, 0) is 9.47 Å². The highest BCUT2D eigenvalue weighted by atomic mass is 16.5. The van der Waals surface area contributed by atoms with Gasteiger partial charge in [-0.2, -0.15) is 0 Å². The van der Waals surface area contributed by atoms with Crippen LogP contribution in [0.3, 0.4) is 0 Å². The van der Waals surface area contributed by atoms with Gasteiger partial charge < -0.3 is 9.47 Å². The van der Waals surface area contributed by atoms with Crippen LogP contribution in [0, 0.1) is 5.41 Å². The summed E-state index contributed by atoms with van der Waals surface area (Å²) in [7, 11) is 0. The molecule has 0 bridgehead atoms. The van der Waals surface area contributed by atoms with Crippen LogP contribution in [0.2, 0.25) is 0 Å². The second-order valence-electron chi connectivity index (χ2n) is 5.32. The molecule has 2 nitrogen and oxygen atoms in total. The Morgan fingerprint density at radius 2 is 2.20 bits per heavy atom. The Morgan fingerprint density at radius 1 is 1.47 bits per heavy atom. The van der Waals surface area contributed by atoms with Crippen LogP contribution in [0.15, 0.2) is 12.7 Å². The molecule has 1 heterocycles. The third-order valence-electron chi connectivity index (χ3n) is 2.88. The summed E-state index contributed by atoms with van der Waals surface area (Å²) < 4.78 is 11.6. The lowest BCUT2D eigenvalue weighted by molar-refractivity contribution is -0.108. The standard InChI is InChI=1S/C13H24O2/c1-5-6-8-14-11-7-9-15-12(10-11)13(2,3)4/h5,11-12H,1,6-10H2,2-4H3. The molecule has 1 aliphatic heterocycles. The van der Waals surface area contributed by atoms with Crippen LogP contribution in [0.25, 0.3) is 0 Å². The fourth-order valence-corrected chi connectivity index (χ4v) is 1.84. The van der Waals surface area contributed by atoms with Gasteiger partial charge in [-0.05, 0) is 18.3 Å². The van der Waals surface area contributed by atoms with Gasteiger partial charge in [-0.15, -0.1) is 6.58 Å². The van der Waals surface area contributed by atoms with E-state index in [0.717, 1.165) is 32.5 Å². The van der Waals surface area contributed by atoms with Gasteiger partial charge in [0.25, 0.3) is 0 Å². The van der Waals surface area contributed by atoms with E-state index in [4.69, 9.17) is 9.47 Å². The molecule has 0 amide bonds. The van der Waals surface area contributed by atoms with Crippen molar-refractivity contribution in [2.45, 2.75) is 52.2 Å². The number of hydrogen-bond acceptors (Lipinski definition) is 2. The predicted molar refractivity (Wildman–Crippen MR) is 63.0 cm³/mol. The van der Waals surface area contributed by atoms with Gasteiger partial charge in [0.05, 0.1) is 18.8 Å². The van der Waals surface area contributed by atoms with Crippen LogP contribution in [-0.4, -0.2) is 25.4 Å². The molecule has 1 rings (SSSR count). The molecular formula is C13H24O2. The molecule has 0 aromatic rings. The van der Waals surface area contributed by atoms with Crippen LogP contribution in [0.5, 0.6) is 0 Å². The zero-order valence-electron chi connectivity index (χ0n) is 10.3. The molecule has 15 heavy (non-hydrogen) atoms. The lowest BCUT2D eigenvalue weighted by Crippen LogP contribution is -2.39. The van der Waals surface area contributed by atoms with Crippen molar-refractivity contribution in [2.24, 2.45) is 5.41 Å². The van der Waals surface area contributed by atoms with Crippen molar-refractivity contribution < 1.29 is 9.47 Å². The number of rotatable bonds is 4. The summed E-state index contributed by atoms with van der Waals surface area (Å²) in [6.07, 6.45) is 5.62. The summed E-state index contributed by atoms with van der Waals surface area (Å²) >= 11 is 0. The SMILES string of the molecule is C=CCCOC1CCOC(C(C)(C)C)C1. The number of hydrogen-bond donors (Lipinski definition) is 0. The largest absolute Gasteiger partial charge is 0.378 e. The van der Waals surface area contributed by atoms with E-state index in [1.807, 2.05) is 6.08 Å². The highest BCUT2D eigenvalue weighted by Crippen LogP contribution is 2.30. The Balaban J connectivity index is 2.32. The molecule has 0 spiro atoms. The van der Waals surface area contributed by atoms with Crippen LogP contribution in [0.1, 0.15) is 40.0 Å². The van der Waals surface area contributed by atoms with Crippen molar-refractivity contribution in [3.63, 3.8) is 0 Å². The Kier molecular flexibility index (Phi) is 4.81. The van der Waals surface area contributed by atoms with Crippen LogP contribution < -0.4 is 0 Å². The predicted octanol–water partition coefficient (Wildman–Crippen LogP) is 3.17. The van der Waals surface area contributed by atoms with Gasteiger partial charge in [0.15, 0.2) is 0 Å². The van der Waals surface area contributed by atoms with E-state index >= 15 is 0 Å². The second-order valence-corrected chi connectivity index (χ2v) is 5.32. The van der Waals surface area contributed by atoms with Crippen LogP contribution >= 0.6 is 0 Å². The van der Waals surface area contributed by atoms with E-state index in [2.05, 4.69) is 27.4 Å². The highest BCUT2D eigenvalue weighted by molar-refractivity contribution is 4.81. The number of ether oxygens (including phenoxy) is 2. The lowest BCUT2D eigenvalue weighted by Gasteiger charge is -2.37. The van der Waals surface area contributed by atoms with Gasteiger partial charge >= 0.3 is 0 Å². The fraction of sp³-hybridized carbons (Fsp3) is 0.846. The van der Waals surface area contributed by atoms with E-state index in [1.165, 1.54) is 0 Å². The van der Waals surface area contributed by atoms with Gasteiger partial charge in [0.1, 0.15) is 0 Å². The minimum Gasteiger partial charge on any atom is -0.378 e. The normalized spacial score (nSPS) is 27.7. The average molecular weight is 212 g/mol. The van der Waals surface area contributed by atoms with Gasteiger partial charge in [0.2, 0.25) is 0 Å². The molecule has 0 N–H and O–H groups in total. The Bertz CT molecular complexity index is 193. The first-order valence-corrected chi connectivity index (χ1v) is 5.88. The van der Waals surface area contributed by atoms with Crippen molar-refractivity contribution in [1.82, 2.24) is 0 Å². The van der Waals surface area contributed by atoms with Crippen LogP contribution in [0.4, 0.5) is 0 Å². The zero-order chi connectivity index (χ0) is 11.3. The van der Waals surface area contributed by atoms with Crippen molar-refractivity contribution in [1.29, 1.82) is 0 Å². The van der Waals surface area contributed by atoms with Gasteiger partial charge in [-0.3, -0.25) is 0 Å². The molecular weight excluding hydrogens is 188 g/mol. The van der Waals surface area contributed by atoms with Gasteiger partial charge in [0, 0.05) is 13.0 Å². The third-order valence-corrected chi connectivity index (χ3v) is 2.88. The maximum absolute atomic E-state index is 5.80. The molecule has 1 fully saturated rings. The van der Waals surface area contributed by atoms with Crippen molar-refractivity contribution in [3.05, 3.63) is 12.7 Å². The zero-order valence-corrected chi connectivity index (χ0v) is 10.3. The first kappa shape index (κ1) is 12.7. The van der Waals surface area contributed by atoms with Crippen molar-refractivity contribution >= 4 is 0 Å². The molecule has 88 valence electrons. The second kappa shape index (κ2) is 5.66. The molecule has 0 aromatic carbocycles. The van der Waals surface area contributed by atoms with E-state index in [1.54, 1.807) is 0 Å². The molecule has 0 aliphatic carbocycles. The van der Waals surface area contributed by atoms with E-state index in [0.29, 0.717) is 12.2 Å². The first-order valence-electron chi connectivity index (χ1n) is 5.88. The third kappa shape index (κ3) is 4.35. The fourth-order valence-electron chi connectivity index (χ4n) is 1.84. The van der Waals surface area contributed by atoms with E-state index < -0.39 is 0 Å². The summed E-state index contributed by atoms with van der Waals surface area (Å²) in [6, 6.07) is 0. The van der Waals surface area contributed by atoms with Crippen molar-refractivity contribution in [2.75, 3.05) is 13.2 Å². The van der Waals surface area contributed by atoms with E-state index in [-0.39, 0.29) is 5.41 Å². The smallest absolute Gasteiger partial charge is 0.0648 e. The first-order chi connectivity index (χ1) is 7.04. The molecule has 1 aliphatic rings. The quantitative estimate of drug-likeness (QED) is 0.526. The summed E-state index contributed by atoms with van der Waals surface area (Å²) in [4.78, 5) is 0. The molecule has 0 saturated carbocycles. The summed E-state index contributed by atoms with van der Waals surface area (Å²) in [5.41, 5.74) is 0.223. The highest BCUT2D eigenvalue weighted by Gasteiger charge is 2.31.